The van der Waals surface area contributed by atoms with E-state index in [1.165, 1.54) is 0 Å². The van der Waals surface area contributed by atoms with Crippen molar-refractivity contribution in [1.82, 2.24) is 10.2 Å². The first-order chi connectivity index (χ1) is 9.31. The molecular formula is C15H23ClN2O2. The van der Waals surface area contributed by atoms with Crippen molar-refractivity contribution in [1.29, 1.82) is 0 Å². The molecule has 0 atom stereocenters. The van der Waals surface area contributed by atoms with Crippen LogP contribution in [0.4, 0.5) is 0 Å². The number of ether oxygens (including phenoxy) is 1. The summed E-state index contributed by atoms with van der Waals surface area (Å²) in [4.78, 5) is 14.3. The Bertz CT molecular complexity index is 418. The second-order valence-corrected chi connectivity index (χ2v) is 4.77. The SMILES string of the molecule is CCCOc1cccc(C(=O)N2CCCNCC2)c1.Cl. The maximum atomic E-state index is 12.4. The average Bonchev–Trinajstić information content (AvgIpc) is 2.73. The topological polar surface area (TPSA) is 41.6 Å². The lowest BCUT2D eigenvalue weighted by Gasteiger charge is -2.20. The van der Waals surface area contributed by atoms with Gasteiger partial charge in [-0.25, -0.2) is 0 Å². The lowest BCUT2D eigenvalue weighted by atomic mass is 10.2. The largest absolute Gasteiger partial charge is 0.494 e. The molecule has 1 N–H and O–H groups in total. The summed E-state index contributed by atoms with van der Waals surface area (Å²) in [7, 11) is 0. The third-order valence-electron chi connectivity index (χ3n) is 3.18. The summed E-state index contributed by atoms with van der Waals surface area (Å²) in [6.07, 6.45) is 1.98. The van der Waals surface area contributed by atoms with E-state index in [1.807, 2.05) is 29.2 Å². The van der Waals surface area contributed by atoms with Gasteiger partial charge in [-0.05, 0) is 37.6 Å². The number of benzene rings is 1. The second kappa shape index (κ2) is 8.82. The monoisotopic (exact) mass is 298 g/mol. The van der Waals surface area contributed by atoms with E-state index < -0.39 is 0 Å². The van der Waals surface area contributed by atoms with Crippen LogP contribution >= 0.6 is 12.4 Å². The minimum atomic E-state index is 0. The van der Waals surface area contributed by atoms with Crippen molar-refractivity contribution in [3.05, 3.63) is 29.8 Å². The number of amides is 1. The van der Waals surface area contributed by atoms with Crippen molar-refractivity contribution in [3.63, 3.8) is 0 Å². The minimum absolute atomic E-state index is 0. The van der Waals surface area contributed by atoms with Gasteiger partial charge in [0.15, 0.2) is 0 Å². The van der Waals surface area contributed by atoms with Crippen molar-refractivity contribution >= 4 is 18.3 Å². The zero-order valence-corrected chi connectivity index (χ0v) is 12.7. The van der Waals surface area contributed by atoms with Crippen LogP contribution in [0.25, 0.3) is 0 Å². The van der Waals surface area contributed by atoms with E-state index in [4.69, 9.17) is 4.74 Å². The Labute approximate surface area is 126 Å². The molecule has 1 aliphatic heterocycles. The van der Waals surface area contributed by atoms with Crippen molar-refractivity contribution in [3.8, 4) is 5.75 Å². The summed E-state index contributed by atoms with van der Waals surface area (Å²) in [5.74, 6) is 0.881. The number of nitrogens with zero attached hydrogens (tertiary/aromatic N) is 1. The van der Waals surface area contributed by atoms with E-state index in [0.717, 1.165) is 50.3 Å². The Balaban J connectivity index is 0.00000200. The quantitative estimate of drug-likeness (QED) is 0.927. The molecule has 1 aromatic carbocycles. The number of carbonyl (C=O) groups excluding carboxylic acids is 1. The molecule has 0 aromatic heterocycles. The predicted octanol–water partition coefficient (Wildman–Crippen LogP) is 2.33. The molecule has 5 heteroatoms. The van der Waals surface area contributed by atoms with Crippen LogP contribution in [0, 0.1) is 0 Å². The third-order valence-corrected chi connectivity index (χ3v) is 3.18. The van der Waals surface area contributed by atoms with Gasteiger partial charge >= 0.3 is 0 Å². The summed E-state index contributed by atoms with van der Waals surface area (Å²) in [5.41, 5.74) is 0.718. The Morgan fingerprint density at radius 1 is 1.35 bits per heavy atom. The summed E-state index contributed by atoms with van der Waals surface area (Å²) in [5, 5.41) is 3.30. The third kappa shape index (κ3) is 4.69. The van der Waals surface area contributed by atoms with Gasteiger partial charge in [0.05, 0.1) is 6.61 Å². The highest BCUT2D eigenvalue weighted by atomic mass is 35.5. The van der Waals surface area contributed by atoms with Gasteiger partial charge in [-0.3, -0.25) is 4.79 Å². The Morgan fingerprint density at radius 2 is 2.20 bits per heavy atom. The maximum absolute atomic E-state index is 12.4. The van der Waals surface area contributed by atoms with Crippen LogP contribution in [0.1, 0.15) is 30.1 Å². The van der Waals surface area contributed by atoms with Gasteiger partial charge in [-0.15, -0.1) is 12.4 Å². The van der Waals surface area contributed by atoms with Crippen molar-refractivity contribution in [2.45, 2.75) is 19.8 Å². The molecule has 1 amide bonds. The highest BCUT2D eigenvalue weighted by Crippen LogP contribution is 2.15. The first kappa shape index (κ1) is 16.8. The number of hydrogen-bond donors (Lipinski definition) is 1. The molecule has 0 spiro atoms. The number of hydrogen-bond acceptors (Lipinski definition) is 3. The normalized spacial score (nSPS) is 15.2. The fourth-order valence-corrected chi connectivity index (χ4v) is 2.17. The van der Waals surface area contributed by atoms with E-state index in [2.05, 4.69) is 12.2 Å². The van der Waals surface area contributed by atoms with Crippen LogP contribution < -0.4 is 10.1 Å². The molecule has 0 unspecified atom stereocenters. The van der Waals surface area contributed by atoms with Gasteiger partial charge < -0.3 is 15.0 Å². The highest BCUT2D eigenvalue weighted by Gasteiger charge is 2.17. The molecule has 1 aromatic rings. The Kier molecular flexibility index (Phi) is 7.41. The number of nitrogens with one attached hydrogen (secondary N) is 1. The smallest absolute Gasteiger partial charge is 0.254 e. The van der Waals surface area contributed by atoms with Crippen molar-refractivity contribution < 1.29 is 9.53 Å². The number of halogens is 1. The van der Waals surface area contributed by atoms with Gasteiger partial charge in [0.2, 0.25) is 0 Å². The first-order valence-electron chi connectivity index (χ1n) is 7.04. The molecule has 4 nitrogen and oxygen atoms in total. The van der Waals surface area contributed by atoms with Crippen LogP contribution in [-0.4, -0.2) is 43.6 Å². The molecule has 1 saturated heterocycles. The summed E-state index contributed by atoms with van der Waals surface area (Å²) < 4.78 is 5.57. The molecule has 1 heterocycles. The van der Waals surface area contributed by atoms with Gasteiger partial charge in [0.1, 0.15) is 5.75 Å². The zero-order valence-electron chi connectivity index (χ0n) is 11.9. The van der Waals surface area contributed by atoms with Gasteiger partial charge in [-0.1, -0.05) is 13.0 Å². The van der Waals surface area contributed by atoms with Crippen LogP contribution in [0.15, 0.2) is 24.3 Å². The van der Waals surface area contributed by atoms with Crippen LogP contribution in [0.5, 0.6) is 5.75 Å². The summed E-state index contributed by atoms with van der Waals surface area (Å²) in [6.45, 7) is 6.22. The molecule has 1 fully saturated rings. The van der Waals surface area contributed by atoms with Crippen molar-refractivity contribution in [2.75, 3.05) is 32.8 Å². The molecule has 20 heavy (non-hydrogen) atoms. The van der Waals surface area contributed by atoms with E-state index in [1.54, 1.807) is 0 Å². The zero-order chi connectivity index (χ0) is 13.5. The maximum Gasteiger partial charge on any atom is 0.254 e. The molecular weight excluding hydrogens is 276 g/mol. The van der Waals surface area contributed by atoms with Crippen molar-refractivity contribution in [2.24, 2.45) is 0 Å². The molecule has 0 saturated carbocycles. The lowest BCUT2D eigenvalue weighted by Crippen LogP contribution is -2.34. The highest BCUT2D eigenvalue weighted by molar-refractivity contribution is 5.94. The summed E-state index contributed by atoms with van der Waals surface area (Å²) >= 11 is 0. The van der Waals surface area contributed by atoms with E-state index in [9.17, 15) is 4.79 Å². The second-order valence-electron chi connectivity index (χ2n) is 4.77. The lowest BCUT2D eigenvalue weighted by molar-refractivity contribution is 0.0766. The van der Waals surface area contributed by atoms with E-state index in [-0.39, 0.29) is 18.3 Å². The Hall–Kier alpha value is -1.26. The van der Waals surface area contributed by atoms with Crippen LogP contribution in [0.2, 0.25) is 0 Å². The van der Waals surface area contributed by atoms with Crippen LogP contribution in [0.3, 0.4) is 0 Å². The van der Waals surface area contributed by atoms with Gasteiger partial charge in [0.25, 0.3) is 5.91 Å². The molecule has 2 rings (SSSR count). The van der Waals surface area contributed by atoms with Gasteiger partial charge in [0, 0.05) is 25.2 Å². The fourth-order valence-electron chi connectivity index (χ4n) is 2.17. The van der Waals surface area contributed by atoms with E-state index >= 15 is 0 Å². The molecule has 112 valence electrons. The molecule has 0 radical (unpaired) electrons. The number of carbonyl (C=O) groups is 1. The fraction of sp³-hybridized carbons (Fsp3) is 0.533. The van der Waals surface area contributed by atoms with Crippen LogP contribution in [-0.2, 0) is 0 Å². The molecule has 0 bridgehead atoms. The molecule has 1 aliphatic rings. The number of rotatable bonds is 4. The standard InChI is InChI=1S/C15H22N2O2.ClH/c1-2-11-19-14-6-3-5-13(12-14)15(18)17-9-4-7-16-8-10-17;/h3,5-6,12,16H,2,4,7-11H2,1H3;1H. The average molecular weight is 299 g/mol. The summed E-state index contributed by atoms with van der Waals surface area (Å²) in [6, 6.07) is 7.49. The first-order valence-corrected chi connectivity index (χ1v) is 7.04. The molecule has 0 aliphatic carbocycles. The minimum Gasteiger partial charge on any atom is -0.494 e. The van der Waals surface area contributed by atoms with Gasteiger partial charge in [-0.2, -0.15) is 0 Å². The predicted molar refractivity (Wildman–Crippen MR) is 82.9 cm³/mol. The Morgan fingerprint density at radius 3 is 3.00 bits per heavy atom. The van der Waals surface area contributed by atoms with E-state index in [0.29, 0.717) is 6.61 Å².